The molecule has 0 fully saturated rings. The molecular weight excluding hydrogens is 234 g/mol. The van der Waals surface area contributed by atoms with Gasteiger partial charge in [0.05, 0.1) is 11.1 Å². The number of amides is 3. The van der Waals surface area contributed by atoms with Crippen LogP contribution in [0.3, 0.4) is 0 Å². The lowest BCUT2D eigenvalue weighted by Gasteiger charge is -2.10. The van der Waals surface area contributed by atoms with Crippen molar-refractivity contribution in [1.82, 2.24) is 5.32 Å². The van der Waals surface area contributed by atoms with Crippen LogP contribution in [0.4, 0.5) is 5.69 Å². The number of imide groups is 1. The number of benzene rings is 1. The second-order valence-electron chi connectivity index (χ2n) is 4.17. The number of carbonyl (C=O) groups excluding carboxylic acids is 3. The average molecular weight is 247 g/mol. The highest BCUT2D eigenvalue weighted by molar-refractivity contribution is 6.22. The van der Waals surface area contributed by atoms with Gasteiger partial charge in [-0.15, -0.1) is 0 Å². The molecule has 1 atom stereocenters. The lowest BCUT2D eigenvalue weighted by Crippen LogP contribution is -2.26. The van der Waals surface area contributed by atoms with Crippen LogP contribution in [0.25, 0.3) is 0 Å². The van der Waals surface area contributed by atoms with Crippen molar-refractivity contribution in [3.05, 3.63) is 29.3 Å². The minimum absolute atomic E-state index is 0.220. The molecule has 2 rings (SSSR count). The molecule has 4 N–H and O–H groups in total. The molecular formula is C12H13N3O3. The Morgan fingerprint density at radius 3 is 2.67 bits per heavy atom. The van der Waals surface area contributed by atoms with Gasteiger partial charge in [-0.05, 0) is 18.2 Å². The first kappa shape index (κ1) is 12.3. The van der Waals surface area contributed by atoms with E-state index in [1.807, 2.05) is 0 Å². The third-order valence-electron chi connectivity index (χ3n) is 2.80. The summed E-state index contributed by atoms with van der Waals surface area (Å²) < 4.78 is 0. The smallest absolute Gasteiger partial charge is 0.259 e. The zero-order valence-corrected chi connectivity index (χ0v) is 9.82. The van der Waals surface area contributed by atoms with E-state index < -0.39 is 11.8 Å². The van der Waals surface area contributed by atoms with Crippen molar-refractivity contribution in [3.8, 4) is 0 Å². The fraction of sp³-hybridized carbons (Fsp3) is 0.250. The fourth-order valence-corrected chi connectivity index (χ4v) is 1.62. The highest BCUT2D eigenvalue weighted by Gasteiger charge is 2.26. The summed E-state index contributed by atoms with van der Waals surface area (Å²) in [5, 5.41) is 4.83. The van der Waals surface area contributed by atoms with Crippen molar-refractivity contribution in [2.24, 2.45) is 11.7 Å². The molecule has 1 aliphatic rings. The van der Waals surface area contributed by atoms with Crippen LogP contribution >= 0.6 is 0 Å². The molecule has 0 saturated heterocycles. The highest BCUT2D eigenvalue weighted by atomic mass is 16.2. The Bertz CT molecular complexity index is 539. The van der Waals surface area contributed by atoms with Crippen LogP contribution in [-0.2, 0) is 4.79 Å². The number of hydrogen-bond acceptors (Lipinski definition) is 4. The topological polar surface area (TPSA) is 101 Å². The Balaban J connectivity index is 2.23. The van der Waals surface area contributed by atoms with Crippen molar-refractivity contribution >= 4 is 23.4 Å². The van der Waals surface area contributed by atoms with E-state index >= 15 is 0 Å². The van der Waals surface area contributed by atoms with E-state index in [0.717, 1.165) is 0 Å². The predicted octanol–water partition coefficient (Wildman–Crippen LogP) is 0.104. The number of fused-ring (bicyclic) bond motifs is 1. The van der Waals surface area contributed by atoms with Gasteiger partial charge in [0, 0.05) is 18.2 Å². The Hall–Kier alpha value is -2.21. The number of rotatable bonds is 3. The Kier molecular flexibility index (Phi) is 3.12. The maximum absolute atomic E-state index is 11.6. The summed E-state index contributed by atoms with van der Waals surface area (Å²) in [4.78, 5) is 34.4. The largest absolute Gasteiger partial charge is 0.330 e. The van der Waals surface area contributed by atoms with Crippen molar-refractivity contribution < 1.29 is 14.4 Å². The van der Waals surface area contributed by atoms with Gasteiger partial charge in [-0.25, -0.2) is 0 Å². The van der Waals surface area contributed by atoms with E-state index in [4.69, 9.17) is 5.73 Å². The van der Waals surface area contributed by atoms with Gasteiger partial charge in [0.15, 0.2) is 0 Å². The van der Waals surface area contributed by atoms with Crippen LogP contribution < -0.4 is 16.4 Å². The summed E-state index contributed by atoms with van der Waals surface area (Å²) in [5.74, 6) is -1.39. The van der Waals surface area contributed by atoms with E-state index in [1.54, 1.807) is 13.0 Å². The van der Waals surface area contributed by atoms with Crippen molar-refractivity contribution in [1.29, 1.82) is 0 Å². The van der Waals surface area contributed by atoms with Crippen LogP contribution in [0.5, 0.6) is 0 Å². The molecule has 1 heterocycles. The van der Waals surface area contributed by atoms with Gasteiger partial charge < -0.3 is 11.1 Å². The summed E-state index contributed by atoms with van der Waals surface area (Å²) >= 11 is 0. The second-order valence-corrected chi connectivity index (χ2v) is 4.17. The van der Waals surface area contributed by atoms with E-state index in [1.165, 1.54) is 12.1 Å². The second kappa shape index (κ2) is 4.58. The molecule has 0 radical (unpaired) electrons. The number of nitrogens with two attached hydrogens (primary N) is 1. The molecule has 6 nitrogen and oxygen atoms in total. The van der Waals surface area contributed by atoms with Crippen LogP contribution in [0, 0.1) is 5.92 Å². The predicted molar refractivity (Wildman–Crippen MR) is 65.1 cm³/mol. The van der Waals surface area contributed by atoms with Gasteiger partial charge in [-0.2, -0.15) is 0 Å². The molecule has 0 spiro atoms. The van der Waals surface area contributed by atoms with E-state index in [9.17, 15) is 14.4 Å². The zero-order valence-electron chi connectivity index (χ0n) is 9.82. The Morgan fingerprint density at radius 2 is 2.00 bits per heavy atom. The first-order chi connectivity index (χ1) is 8.52. The standard InChI is InChI=1S/C12H13N3O3/c1-6(5-13)10(16)14-7-2-3-8-9(4-7)12(18)15-11(8)17/h2-4,6H,5,13H2,1H3,(H,14,16)(H,15,17,18). The normalized spacial score (nSPS) is 15.0. The minimum atomic E-state index is -0.446. The molecule has 1 aromatic rings. The summed E-state index contributed by atoms with van der Waals surface area (Å²) in [5.41, 5.74) is 6.46. The van der Waals surface area contributed by atoms with E-state index in [-0.39, 0.29) is 23.9 Å². The molecule has 3 amide bonds. The van der Waals surface area contributed by atoms with Crippen molar-refractivity contribution in [3.63, 3.8) is 0 Å². The summed E-state index contributed by atoms with van der Waals surface area (Å²) in [6, 6.07) is 4.58. The zero-order chi connectivity index (χ0) is 13.3. The third kappa shape index (κ3) is 2.10. The number of anilines is 1. The van der Waals surface area contributed by atoms with Crippen molar-refractivity contribution in [2.45, 2.75) is 6.92 Å². The molecule has 0 saturated carbocycles. The Labute approximate surface area is 104 Å². The van der Waals surface area contributed by atoms with Gasteiger partial charge in [-0.3, -0.25) is 19.7 Å². The monoisotopic (exact) mass is 247 g/mol. The summed E-state index contributed by atoms with van der Waals surface area (Å²) in [6.45, 7) is 1.95. The molecule has 0 aromatic heterocycles. The minimum Gasteiger partial charge on any atom is -0.330 e. The van der Waals surface area contributed by atoms with E-state index in [0.29, 0.717) is 11.3 Å². The highest BCUT2D eigenvalue weighted by Crippen LogP contribution is 2.20. The quantitative estimate of drug-likeness (QED) is 0.659. The first-order valence-electron chi connectivity index (χ1n) is 5.53. The maximum Gasteiger partial charge on any atom is 0.259 e. The van der Waals surface area contributed by atoms with E-state index in [2.05, 4.69) is 10.6 Å². The maximum atomic E-state index is 11.6. The van der Waals surface area contributed by atoms with Gasteiger partial charge in [-0.1, -0.05) is 6.92 Å². The lowest BCUT2D eigenvalue weighted by molar-refractivity contribution is -0.119. The average Bonchev–Trinajstić information content (AvgIpc) is 2.63. The van der Waals surface area contributed by atoms with Crippen LogP contribution in [-0.4, -0.2) is 24.3 Å². The van der Waals surface area contributed by atoms with Gasteiger partial charge in [0.2, 0.25) is 5.91 Å². The third-order valence-corrected chi connectivity index (χ3v) is 2.80. The lowest BCUT2D eigenvalue weighted by atomic mass is 10.1. The molecule has 1 unspecified atom stereocenters. The summed E-state index contributed by atoms with van der Waals surface area (Å²) in [7, 11) is 0. The van der Waals surface area contributed by atoms with Gasteiger partial charge in [0.25, 0.3) is 11.8 Å². The fourth-order valence-electron chi connectivity index (χ4n) is 1.62. The molecule has 1 aliphatic heterocycles. The number of nitrogens with one attached hydrogen (secondary N) is 2. The van der Waals surface area contributed by atoms with Crippen molar-refractivity contribution in [2.75, 3.05) is 11.9 Å². The molecule has 0 bridgehead atoms. The number of hydrogen-bond donors (Lipinski definition) is 3. The summed E-state index contributed by atoms with van der Waals surface area (Å²) in [6.07, 6.45) is 0. The molecule has 0 aliphatic carbocycles. The molecule has 18 heavy (non-hydrogen) atoms. The molecule has 6 heteroatoms. The molecule has 94 valence electrons. The van der Waals surface area contributed by atoms with Crippen LogP contribution in [0.1, 0.15) is 27.6 Å². The van der Waals surface area contributed by atoms with Gasteiger partial charge in [0.1, 0.15) is 0 Å². The molecule has 1 aromatic carbocycles. The van der Waals surface area contributed by atoms with Crippen LogP contribution in [0.15, 0.2) is 18.2 Å². The number of carbonyl (C=O) groups is 3. The SMILES string of the molecule is CC(CN)C(=O)Nc1ccc2c(c1)C(=O)NC2=O. The van der Waals surface area contributed by atoms with Gasteiger partial charge >= 0.3 is 0 Å². The first-order valence-corrected chi connectivity index (χ1v) is 5.53. The van der Waals surface area contributed by atoms with Crippen LogP contribution in [0.2, 0.25) is 0 Å². The Morgan fingerprint density at radius 1 is 1.33 bits per heavy atom.